The molecule has 2 saturated carbocycles. The van der Waals surface area contributed by atoms with E-state index in [4.69, 9.17) is 0 Å². The zero-order valence-electron chi connectivity index (χ0n) is 14.2. The van der Waals surface area contributed by atoms with E-state index in [0.29, 0.717) is 17.5 Å². The van der Waals surface area contributed by atoms with Crippen LogP contribution in [0.2, 0.25) is 0 Å². The van der Waals surface area contributed by atoms with Gasteiger partial charge in [-0.2, -0.15) is 0 Å². The molecule has 4 amide bonds. The van der Waals surface area contributed by atoms with Gasteiger partial charge in [0.25, 0.3) is 5.91 Å². The van der Waals surface area contributed by atoms with E-state index >= 15 is 0 Å². The molecular formula is C17H22N4O3S. The maximum Gasteiger partial charge on any atom is 0.325 e. The number of carbonyl (C=O) groups is 3. The van der Waals surface area contributed by atoms with Crippen molar-refractivity contribution in [2.45, 2.75) is 56.9 Å². The molecule has 0 radical (unpaired) electrons. The van der Waals surface area contributed by atoms with E-state index in [9.17, 15) is 14.4 Å². The minimum absolute atomic E-state index is 0.0887. The first-order valence-electron chi connectivity index (χ1n) is 8.89. The molecule has 0 bridgehead atoms. The zero-order chi connectivity index (χ0) is 17.6. The standard InChI is InChI=1S/C17H22N4O3S/c1-10-4-2-3-7-17(10)14(23)21(16(24)20-17)8-13(22)19-15-18-12(9-25-15)11-5-6-11/h9-11H,2-8H2,1H3,(H,20,24)(H,18,19,22). The van der Waals surface area contributed by atoms with Crippen molar-refractivity contribution >= 4 is 34.3 Å². The van der Waals surface area contributed by atoms with E-state index in [-0.39, 0.29) is 24.3 Å². The normalized spacial score (nSPS) is 29.2. The molecule has 8 heteroatoms. The van der Waals surface area contributed by atoms with Gasteiger partial charge >= 0.3 is 6.03 Å². The van der Waals surface area contributed by atoms with Gasteiger partial charge in [0.15, 0.2) is 5.13 Å². The molecule has 2 aliphatic carbocycles. The lowest BCUT2D eigenvalue weighted by Gasteiger charge is -2.36. The fraction of sp³-hybridized carbons (Fsp3) is 0.647. The van der Waals surface area contributed by atoms with Crippen molar-refractivity contribution in [3.05, 3.63) is 11.1 Å². The topological polar surface area (TPSA) is 91.4 Å². The maximum atomic E-state index is 12.8. The maximum absolute atomic E-state index is 12.8. The molecule has 1 saturated heterocycles. The summed E-state index contributed by atoms with van der Waals surface area (Å²) in [7, 11) is 0. The number of nitrogens with one attached hydrogen (secondary N) is 2. The van der Waals surface area contributed by atoms with Crippen molar-refractivity contribution in [1.29, 1.82) is 0 Å². The first-order valence-corrected chi connectivity index (χ1v) is 9.77. The lowest BCUT2D eigenvalue weighted by Crippen LogP contribution is -2.54. The molecule has 2 N–H and O–H groups in total. The highest BCUT2D eigenvalue weighted by Crippen LogP contribution is 2.41. The molecule has 1 aliphatic heterocycles. The third-order valence-corrected chi connectivity index (χ3v) is 6.34. The number of imide groups is 1. The largest absolute Gasteiger partial charge is 0.325 e. The van der Waals surface area contributed by atoms with Crippen LogP contribution in [0.4, 0.5) is 9.93 Å². The fourth-order valence-electron chi connectivity index (χ4n) is 3.85. The second-order valence-electron chi connectivity index (χ2n) is 7.34. The van der Waals surface area contributed by atoms with Crippen molar-refractivity contribution in [3.63, 3.8) is 0 Å². The van der Waals surface area contributed by atoms with E-state index in [1.54, 1.807) is 0 Å². The molecule has 1 aromatic rings. The molecule has 4 rings (SSSR count). The Morgan fingerprint density at radius 3 is 2.92 bits per heavy atom. The van der Waals surface area contributed by atoms with Gasteiger partial charge in [0.05, 0.1) is 5.69 Å². The number of hydrogen-bond donors (Lipinski definition) is 2. The van der Waals surface area contributed by atoms with Gasteiger partial charge in [-0.15, -0.1) is 11.3 Å². The highest BCUT2D eigenvalue weighted by Gasteiger charge is 2.55. The number of hydrogen-bond acceptors (Lipinski definition) is 5. The number of nitrogens with zero attached hydrogens (tertiary/aromatic N) is 2. The minimum atomic E-state index is -0.823. The number of urea groups is 1. The molecule has 2 atom stereocenters. The highest BCUT2D eigenvalue weighted by molar-refractivity contribution is 7.13. The number of carbonyl (C=O) groups excluding carboxylic acids is 3. The summed E-state index contributed by atoms with van der Waals surface area (Å²) < 4.78 is 0. The molecule has 2 heterocycles. The first-order chi connectivity index (χ1) is 12.0. The van der Waals surface area contributed by atoms with Gasteiger partial charge < -0.3 is 10.6 Å². The number of thiazole rings is 1. The summed E-state index contributed by atoms with van der Waals surface area (Å²) in [5.41, 5.74) is 0.195. The molecule has 1 spiro atoms. The van der Waals surface area contributed by atoms with E-state index in [0.717, 1.165) is 42.7 Å². The van der Waals surface area contributed by atoms with E-state index in [1.807, 2.05) is 12.3 Å². The molecule has 3 aliphatic rings. The lowest BCUT2D eigenvalue weighted by atomic mass is 9.73. The Kier molecular flexibility index (Phi) is 4.02. The van der Waals surface area contributed by atoms with Crippen LogP contribution in [-0.4, -0.2) is 39.8 Å². The summed E-state index contributed by atoms with van der Waals surface area (Å²) in [5, 5.41) is 8.06. The van der Waals surface area contributed by atoms with E-state index in [2.05, 4.69) is 15.6 Å². The third kappa shape index (κ3) is 2.92. The average Bonchev–Trinajstić information content (AvgIpc) is 3.29. The summed E-state index contributed by atoms with van der Waals surface area (Å²) in [4.78, 5) is 42.9. The Morgan fingerprint density at radius 2 is 2.20 bits per heavy atom. The van der Waals surface area contributed by atoms with Crippen LogP contribution >= 0.6 is 11.3 Å². The molecular weight excluding hydrogens is 340 g/mol. The molecule has 0 aromatic carbocycles. The summed E-state index contributed by atoms with van der Waals surface area (Å²) in [6.07, 6.45) is 5.85. The van der Waals surface area contributed by atoms with Crippen LogP contribution in [0.25, 0.3) is 0 Å². The minimum Gasteiger partial charge on any atom is -0.323 e. The van der Waals surface area contributed by atoms with Gasteiger partial charge in [0.1, 0.15) is 12.1 Å². The van der Waals surface area contributed by atoms with Crippen LogP contribution in [0, 0.1) is 5.92 Å². The van der Waals surface area contributed by atoms with Crippen LogP contribution in [0.15, 0.2) is 5.38 Å². The quantitative estimate of drug-likeness (QED) is 0.805. The highest BCUT2D eigenvalue weighted by atomic mass is 32.1. The van der Waals surface area contributed by atoms with Crippen molar-refractivity contribution < 1.29 is 14.4 Å². The summed E-state index contributed by atoms with van der Waals surface area (Å²) >= 11 is 1.38. The first kappa shape index (κ1) is 16.5. The van der Waals surface area contributed by atoms with Crippen LogP contribution in [0.5, 0.6) is 0 Å². The Morgan fingerprint density at radius 1 is 1.40 bits per heavy atom. The van der Waals surface area contributed by atoms with Gasteiger partial charge in [-0.05, 0) is 31.6 Å². The van der Waals surface area contributed by atoms with Crippen LogP contribution in [0.1, 0.15) is 57.1 Å². The Bertz CT molecular complexity index is 729. The van der Waals surface area contributed by atoms with Gasteiger partial charge in [0, 0.05) is 11.3 Å². The molecule has 3 fully saturated rings. The number of rotatable bonds is 4. The van der Waals surface area contributed by atoms with Crippen molar-refractivity contribution in [2.24, 2.45) is 5.92 Å². The van der Waals surface area contributed by atoms with Gasteiger partial charge in [0.2, 0.25) is 5.91 Å². The predicted molar refractivity (Wildman–Crippen MR) is 93.3 cm³/mol. The second kappa shape index (κ2) is 6.09. The van der Waals surface area contributed by atoms with Crippen LogP contribution in [-0.2, 0) is 9.59 Å². The molecule has 134 valence electrons. The Balaban J connectivity index is 1.41. The van der Waals surface area contributed by atoms with E-state index < -0.39 is 11.6 Å². The lowest BCUT2D eigenvalue weighted by molar-refractivity contribution is -0.136. The molecule has 1 aromatic heterocycles. The summed E-state index contributed by atoms with van der Waals surface area (Å²) in [6.45, 7) is 1.73. The monoisotopic (exact) mass is 362 g/mol. The summed E-state index contributed by atoms with van der Waals surface area (Å²) in [5.74, 6) is -0.0373. The van der Waals surface area contributed by atoms with Crippen LogP contribution in [0.3, 0.4) is 0 Å². The van der Waals surface area contributed by atoms with Crippen molar-refractivity contribution in [2.75, 3.05) is 11.9 Å². The molecule has 7 nitrogen and oxygen atoms in total. The number of amides is 4. The van der Waals surface area contributed by atoms with Crippen LogP contribution < -0.4 is 10.6 Å². The predicted octanol–water partition coefficient (Wildman–Crippen LogP) is 2.46. The third-order valence-electron chi connectivity index (χ3n) is 5.57. The van der Waals surface area contributed by atoms with Gasteiger partial charge in [-0.25, -0.2) is 9.78 Å². The Labute approximate surface area is 150 Å². The molecule has 2 unspecified atom stereocenters. The zero-order valence-corrected chi connectivity index (χ0v) is 15.0. The van der Waals surface area contributed by atoms with E-state index in [1.165, 1.54) is 11.3 Å². The van der Waals surface area contributed by atoms with Gasteiger partial charge in [-0.3, -0.25) is 14.5 Å². The van der Waals surface area contributed by atoms with Gasteiger partial charge in [-0.1, -0.05) is 19.8 Å². The Hall–Kier alpha value is -1.96. The SMILES string of the molecule is CC1CCCCC12NC(=O)N(CC(=O)Nc1nc(C3CC3)cs1)C2=O. The number of anilines is 1. The smallest absolute Gasteiger partial charge is 0.323 e. The summed E-state index contributed by atoms with van der Waals surface area (Å²) in [6, 6.07) is -0.466. The van der Waals surface area contributed by atoms with Crippen molar-refractivity contribution in [3.8, 4) is 0 Å². The van der Waals surface area contributed by atoms with Crippen molar-refractivity contribution in [1.82, 2.24) is 15.2 Å². The second-order valence-corrected chi connectivity index (χ2v) is 8.20. The fourth-order valence-corrected chi connectivity index (χ4v) is 4.66. The average molecular weight is 362 g/mol. The number of aromatic nitrogens is 1. The molecule has 25 heavy (non-hydrogen) atoms.